The van der Waals surface area contributed by atoms with Crippen molar-refractivity contribution in [2.75, 3.05) is 18.5 Å². The Morgan fingerprint density at radius 1 is 1.53 bits per heavy atom. The molecular formula is C14H16N2O3. The first kappa shape index (κ1) is 13.4. The second-order valence-corrected chi connectivity index (χ2v) is 4.33. The second-order valence-electron chi connectivity index (χ2n) is 4.33. The van der Waals surface area contributed by atoms with Gasteiger partial charge in [-0.2, -0.15) is 5.26 Å². The first-order valence-electron chi connectivity index (χ1n) is 6.30. The van der Waals surface area contributed by atoms with Crippen molar-refractivity contribution in [1.29, 1.82) is 5.26 Å². The van der Waals surface area contributed by atoms with Gasteiger partial charge in [0.05, 0.1) is 17.9 Å². The van der Waals surface area contributed by atoms with Gasteiger partial charge in [-0.05, 0) is 25.0 Å². The minimum Gasteiger partial charge on any atom is -0.489 e. The van der Waals surface area contributed by atoms with E-state index in [1.54, 1.807) is 18.2 Å². The van der Waals surface area contributed by atoms with E-state index in [4.69, 9.17) is 14.7 Å². The molecule has 0 bridgehead atoms. The van der Waals surface area contributed by atoms with Crippen molar-refractivity contribution >= 4 is 11.6 Å². The molecule has 1 aromatic carbocycles. The van der Waals surface area contributed by atoms with Crippen LogP contribution >= 0.6 is 0 Å². The Labute approximate surface area is 112 Å². The van der Waals surface area contributed by atoms with Crippen molar-refractivity contribution < 1.29 is 14.3 Å². The molecule has 19 heavy (non-hydrogen) atoms. The molecule has 1 amide bonds. The Kier molecular flexibility index (Phi) is 4.76. The summed E-state index contributed by atoms with van der Waals surface area (Å²) in [6.45, 7) is 1.26. The van der Waals surface area contributed by atoms with Crippen LogP contribution in [0.3, 0.4) is 0 Å². The molecule has 1 saturated heterocycles. The fourth-order valence-corrected chi connectivity index (χ4v) is 1.92. The topological polar surface area (TPSA) is 71.4 Å². The molecule has 1 heterocycles. The van der Waals surface area contributed by atoms with E-state index in [2.05, 4.69) is 5.32 Å². The predicted molar refractivity (Wildman–Crippen MR) is 69.8 cm³/mol. The van der Waals surface area contributed by atoms with Crippen LogP contribution in [-0.4, -0.2) is 25.2 Å². The van der Waals surface area contributed by atoms with Gasteiger partial charge in [0, 0.05) is 6.61 Å². The fraction of sp³-hybridized carbons (Fsp3) is 0.429. The standard InChI is InChI=1S/C14H16N2O3/c15-8-7-14(17)16-12-5-1-2-6-13(12)19-10-11-4-3-9-18-11/h1-2,5-6,11H,3-4,7,9-10H2,(H,16,17). The van der Waals surface area contributed by atoms with Crippen LogP contribution in [0.15, 0.2) is 24.3 Å². The number of amides is 1. The summed E-state index contributed by atoms with van der Waals surface area (Å²) in [7, 11) is 0. The van der Waals surface area contributed by atoms with Gasteiger partial charge < -0.3 is 14.8 Å². The molecular weight excluding hydrogens is 244 g/mol. The summed E-state index contributed by atoms with van der Waals surface area (Å²) in [5.74, 6) is 0.264. The zero-order valence-corrected chi connectivity index (χ0v) is 10.6. The number of ether oxygens (including phenoxy) is 2. The highest BCUT2D eigenvalue weighted by Gasteiger charge is 2.17. The van der Waals surface area contributed by atoms with Crippen LogP contribution in [0.2, 0.25) is 0 Å². The summed E-state index contributed by atoms with van der Waals surface area (Å²) in [5.41, 5.74) is 0.584. The highest BCUT2D eigenvalue weighted by atomic mass is 16.5. The zero-order valence-electron chi connectivity index (χ0n) is 10.6. The van der Waals surface area contributed by atoms with Gasteiger partial charge in [-0.15, -0.1) is 0 Å². The number of para-hydroxylation sites is 2. The van der Waals surface area contributed by atoms with Crippen molar-refractivity contribution in [2.24, 2.45) is 0 Å². The SMILES string of the molecule is N#CCC(=O)Nc1ccccc1OCC1CCCO1. The van der Waals surface area contributed by atoms with Crippen molar-refractivity contribution in [3.8, 4) is 11.8 Å². The van der Waals surface area contributed by atoms with Gasteiger partial charge in [0.2, 0.25) is 5.91 Å². The number of carbonyl (C=O) groups excluding carboxylic acids is 1. The van der Waals surface area contributed by atoms with E-state index in [9.17, 15) is 4.79 Å². The number of nitrogens with zero attached hydrogens (tertiary/aromatic N) is 1. The van der Waals surface area contributed by atoms with E-state index < -0.39 is 0 Å². The molecule has 2 rings (SSSR count). The summed E-state index contributed by atoms with van der Waals surface area (Å²) in [5, 5.41) is 11.1. The Morgan fingerprint density at radius 2 is 2.37 bits per heavy atom. The van der Waals surface area contributed by atoms with Crippen LogP contribution in [-0.2, 0) is 9.53 Å². The highest BCUT2D eigenvalue weighted by molar-refractivity contribution is 5.93. The molecule has 1 aliphatic heterocycles. The van der Waals surface area contributed by atoms with E-state index in [1.165, 1.54) is 0 Å². The van der Waals surface area contributed by atoms with E-state index in [1.807, 2.05) is 12.1 Å². The highest BCUT2D eigenvalue weighted by Crippen LogP contribution is 2.25. The molecule has 1 N–H and O–H groups in total. The molecule has 5 nitrogen and oxygen atoms in total. The third kappa shape index (κ3) is 3.97. The molecule has 0 spiro atoms. The maximum atomic E-state index is 11.4. The normalized spacial score (nSPS) is 17.7. The van der Waals surface area contributed by atoms with Crippen LogP contribution in [0.25, 0.3) is 0 Å². The van der Waals surface area contributed by atoms with Gasteiger partial charge in [-0.3, -0.25) is 4.79 Å². The minimum absolute atomic E-state index is 0.128. The second kappa shape index (κ2) is 6.76. The van der Waals surface area contributed by atoms with Crippen LogP contribution in [0.5, 0.6) is 5.75 Å². The van der Waals surface area contributed by atoms with Crippen LogP contribution in [0.4, 0.5) is 5.69 Å². The molecule has 0 aliphatic carbocycles. The lowest BCUT2D eigenvalue weighted by molar-refractivity contribution is -0.115. The monoisotopic (exact) mass is 260 g/mol. The molecule has 1 unspecified atom stereocenters. The molecule has 0 saturated carbocycles. The van der Waals surface area contributed by atoms with Crippen LogP contribution in [0, 0.1) is 11.3 Å². The van der Waals surface area contributed by atoms with Crippen molar-refractivity contribution in [1.82, 2.24) is 0 Å². The largest absolute Gasteiger partial charge is 0.489 e. The molecule has 1 aliphatic rings. The molecule has 0 aromatic heterocycles. The minimum atomic E-state index is -0.337. The first-order valence-corrected chi connectivity index (χ1v) is 6.30. The molecule has 0 radical (unpaired) electrons. The molecule has 1 atom stereocenters. The number of nitriles is 1. The van der Waals surface area contributed by atoms with E-state index in [-0.39, 0.29) is 18.4 Å². The van der Waals surface area contributed by atoms with Gasteiger partial charge in [0.25, 0.3) is 0 Å². The average Bonchev–Trinajstić information content (AvgIpc) is 2.91. The van der Waals surface area contributed by atoms with Gasteiger partial charge >= 0.3 is 0 Å². The third-order valence-corrected chi connectivity index (χ3v) is 2.85. The summed E-state index contributed by atoms with van der Waals surface area (Å²) in [6, 6.07) is 8.99. The summed E-state index contributed by atoms with van der Waals surface area (Å²) in [6.07, 6.45) is 2.03. The van der Waals surface area contributed by atoms with Gasteiger partial charge in [-0.1, -0.05) is 12.1 Å². The number of anilines is 1. The number of hydrogen-bond acceptors (Lipinski definition) is 4. The number of benzene rings is 1. The van der Waals surface area contributed by atoms with Crippen LogP contribution in [0.1, 0.15) is 19.3 Å². The summed E-state index contributed by atoms with van der Waals surface area (Å²) in [4.78, 5) is 11.4. The number of hydrogen-bond donors (Lipinski definition) is 1. The molecule has 5 heteroatoms. The first-order chi connectivity index (χ1) is 9.29. The lowest BCUT2D eigenvalue weighted by Crippen LogP contribution is -2.17. The average molecular weight is 260 g/mol. The van der Waals surface area contributed by atoms with Gasteiger partial charge in [0.15, 0.2) is 0 Å². The predicted octanol–water partition coefficient (Wildman–Crippen LogP) is 2.10. The van der Waals surface area contributed by atoms with Crippen molar-refractivity contribution in [3.05, 3.63) is 24.3 Å². The lowest BCUT2D eigenvalue weighted by Gasteiger charge is -2.14. The maximum Gasteiger partial charge on any atom is 0.238 e. The van der Waals surface area contributed by atoms with E-state index >= 15 is 0 Å². The molecule has 1 aromatic rings. The molecule has 100 valence electrons. The smallest absolute Gasteiger partial charge is 0.238 e. The van der Waals surface area contributed by atoms with Crippen molar-refractivity contribution in [3.63, 3.8) is 0 Å². The Bertz CT molecular complexity index is 476. The Morgan fingerprint density at radius 3 is 3.11 bits per heavy atom. The molecule has 1 fully saturated rings. The van der Waals surface area contributed by atoms with Crippen molar-refractivity contribution in [2.45, 2.75) is 25.4 Å². The van der Waals surface area contributed by atoms with E-state index in [0.29, 0.717) is 18.0 Å². The van der Waals surface area contributed by atoms with E-state index in [0.717, 1.165) is 19.4 Å². The zero-order chi connectivity index (χ0) is 13.5. The van der Waals surface area contributed by atoms with Crippen LogP contribution < -0.4 is 10.1 Å². The summed E-state index contributed by atoms with van der Waals surface area (Å²) >= 11 is 0. The quantitative estimate of drug-likeness (QED) is 0.880. The Balaban J connectivity index is 1.95. The number of nitrogens with one attached hydrogen (secondary N) is 1. The Hall–Kier alpha value is -2.06. The summed E-state index contributed by atoms with van der Waals surface area (Å²) < 4.78 is 11.2. The fourth-order valence-electron chi connectivity index (χ4n) is 1.92. The number of carbonyl (C=O) groups is 1. The van der Waals surface area contributed by atoms with Gasteiger partial charge in [0.1, 0.15) is 18.8 Å². The third-order valence-electron chi connectivity index (χ3n) is 2.85. The lowest BCUT2D eigenvalue weighted by atomic mass is 10.2. The number of rotatable bonds is 5. The van der Waals surface area contributed by atoms with Gasteiger partial charge in [-0.25, -0.2) is 0 Å². The maximum absolute atomic E-state index is 11.4.